The Kier molecular flexibility index (Phi) is 1.87. The second-order valence-electron chi connectivity index (χ2n) is 3.46. The molecule has 0 spiro atoms. The molecule has 0 saturated heterocycles. The number of hydrogen-bond donors (Lipinski definition) is 1. The van der Waals surface area contributed by atoms with Gasteiger partial charge >= 0.3 is 87.6 Å². The standard InChI is InChI=1S/C10H10N2OSe/c13-7-5-12-9-4-2-1-3-8(9)11-10(12)14-6-7/h1-4,7,13H,5-6H2. The summed E-state index contributed by atoms with van der Waals surface area (Å²) < 4.78 is 3.33. The Morgan fingerprint density at radius 3 is 3.21 bits per heavy atom. The summed E-state index contributed by atoms with van der Waals surface area (Å²) in [5, 5.41) is 10.5. The van der Waals surface area contributed by atoms with Crippen LogP contribution in [-0.4, -0.2) is 35.7 Å². The Bertz CT molecular complexity index is 480. The van der Waals surface area contributed by atoms with Crippen molar-refractivity contribution in [1.29, 1.82) is 0 Å². The molecule has 0 radical (unpaired) electrons. The molecular formula is C10H10N2OSe. The fraction of sp³-hybridized carbons (Fsp3) is 0.300. The number of fused-ring (bicyclic) bond motifs is 3. The Hall–Kier alpha value is -0.831. The molecule has 3 rings (SSSR count). The molecule has 0 saturated carbocycles. The van der Waals surface area contributed by atoms with Crippen LogP contribution in [0.5, 0.6) is 0 Å². The minimum absolute atomic E-state index is 0.180. The van der Waals surface area contributed by atoms with Crippen LogP contribution in [0.4, 0.5) is 0 Å². The summed E-state index contributed by atoms with van der Waals surface area (Å²) in [5.41, 5.74) is 2.21. The average Bonchev–Trinajstić information content (AvgIpc) is 2.56. The number of aromatic nitrogens is 2. The van der Waals surface area contributed by atoms with E-state index in [1.807, 2.05) is 18.2 Å². The molecular weight excluding hydrogens is 243 g/mol. The van der Waals surface area contributed by atoms with Crippen molar-refractivity contribution in [1.82, 2.24) is 9.55 Å². The second kappa shape index (κ2) is 3.09. The van der Waals surface area contributed by atoms with Crippen molar-refractivity contribution in [2.45, 2.75) is 18.0 Å². The predicted molar refractivity (Wildman–Crippen MR) is 55.9 cm³/mol. The van der Waals surface area contributed by atoms with Crippen molar-refractivity contribution in [3.63, 3.8) is 0 Å². The van der Waals surface area contributed by atoms with Crippen LogP contribution in [0.1, 0.15) is 0 Å². The fourth-order valence-corrected chi connectivity index (χ4v) is 3.74. The molecule has 0 bridgehead atoms. The van der Waals surface area contributed by atoms with Crippen molar-refractivity contribution in [2.24, 2.45) is 0 Å². The summed E-state index contributed by atoms with van der Waals surface area (Å²) >= 11 is 0.330. The van der Waals surface area contributed by atoms with Crippen LogP contribution in [0, 0.1) is 0 Å². The van der Waals surface area contributed by atoms with Crippen LogP contribution in [0.3, 0.4) is 0 Å². The zero-order valence-electron chi connectivity index (χ0n) is 7.55. The van der Waals surface area contributed by atoms with Gasteiger partial charge in [0.05, 0.1) is 0 Å². The molecule has 4 heteroatoms. The van der Waals surface area contributed by atoms with Crippen molar-refractivity contribution >= 4 is 30.7 Å². The van der Waals surface area contributed by atoms with Crippen LogP contribution in [-0.2, 0) is 6.54 Å². The Morgan fingerprint density at radius 2 is 2.29 bits per heavy atom. The molecule has 0 fully saturated rings. The van der Waals surface area contributed by atoms with Crippen LogP contribution in [0.2, 0.25) is 5.32 Å². The van der Waals surface area contributed by atoms with E-state index in [-0.39, 0.29) is 6.10 Å². The monoisotopic (exact) mass is 254 g/mol. The summed E-state index contributed by atoms with van der Waals surface area (Å²) in [7, 11) is 0. The third-order valence-corrected chi connectivity index (χ3v) is 4.77. The van der Waals surface area contributed by atoms with E-state index in [1.54, 1.807) is 0 Å². The van der Waals surface area contributed by atoms with E-state index < -0.39 is 0 Å². The molecule has 14 heavy (non-hydrogen) atoms. The number of imidazole rings is 1. The van der Waals surface area contributed by atoms with Gasteiger partial charge in [-0.3, -0.25) is 0 Å². The number of aliphatic hydroxyl groups is 1. The van der Waals surface area contributed by atoms with Gasteiger partial charge in [0.15, 0.2) is 0 Å². The molecule has 1 aliphatic rings. The minimum atomic E-state index is -0.180. The normalized spacial score (nSPS) is 21.1. The summed E-state index contributed by atoms with van der Waals surface area (Å²) in [4.78, 5) is 4.57. The molecule has 1 atom stereocenters. The molecule has 0 aliphatic carbocycles. The first-order chi connectivity index (χ1) is 6.84. The summed E-state index contributed by atoms with van der Waals surface area (Å²) in [6.45, 7) is 0.706. The quantitative estimate of drug-likeness (QED) is 0.679. The van der Waals surface area contributed by atoms with E-state index in [0.717, 1.165) is 16.4 Å². The zero-order valence-corrected chi connectivity index (χ0v) is 9.26. The van der Waals surface area contributed by atoms with Gasteiger partial charge in [0.1, 0.15) is 0 Å². The van der Waals surface area contributed by atoms with Gasteiger partial charge in [0.25, 0.3) is 0 Å². The van der Waals surface area contributed by atoms with Crippen LogP contribution < -0.4 is 4.72 Å². The molecule has 1 unspecified atom stereocenters. The first-order valence-corrected chi connectivity index (χ1v) is 6.67. The molecule has 1 N–H and O–H groups in total. The number of hydrogen-bond acceptors (Lipinski definition) is 2. The maximum atomic E-state index is 9.60. The maximum absolute atomic E-state index is 9.60. The SMILES string of the molecule is OC1C[Se]c2nc3ccccc3n2C1. The molecule has 2 heterocycles. The number of rotatable bonds is 0. The molecule has 1 aromatic heterocycles. The number of aliphatic hydroxyl groups excluding tert-OH is 1. The van der Waals surface area contributed by atoms with Gasteiger partial charge in [-0.25, -0.2) is 0 Å². The van der Waals surface area contributed by atoms with Gasteiger partial charge < -0.3 is 0 Å². The molecule has 1 aromatic carbocycles. The molecule has 3 nitrogen and oxygen atoms in total. The Balaban J connectivity index is 2.25. The topological polar surface area (TPSA) is 38.1 Å². The van der Waals surface area contributed by atoms with Crippen molar-refractivity contribution in [3.8, 4) is 0 Å². The molecule has 2 aromatic rings. The van der Waals surface area contributed by atoms with Crippen LogP contribution in [0.15, 0.2) is 24.3 Å². The van der Waals surface area contributed by atoms with Crippen LogP contribution in [0.25, 0.3) is 11.0 Å². The molecule has 1 aliphatic heterocycles. The summed E-state index contributed by atoms with van der Waals surface area (Å²) in [5.74, 6) is 0. The van der Waals surface area contributed by atoms with Crippen molar-refractivity contribution < 1.29 is 5.11 Å². The van der Waals surface area contributed by atoms with E-state index in [9.17, 15) is 5.11 Å². The van der Waals surface area contributed by atoms with Crippen molar-refractivity contribution in [2.75, 3.05) is 0 Å². The van der Waals surface area contributed by atoms with E-state index >= 15 is 0 Å². The van der Waals surface area contributed by atoms with Gasteiger partial charge in [0, 0.05) is 0 Å². The van der Waals surface area contributed by atoms with Gasteiger partial charge in [0.2, 0.25) is 0 Å². The summed E-state index contributed by atoms with van der Waals surface area (Å²) in [6.07, 6.45) is -0.180. The van der Waals surface area contributed by atoms with E-state index in [0.29, 0.717) is 21.5 Å². The third-order valence-electron chi connectivity index (χ3n) is 2.42. The number of nitrogens with zero attached hydrogens (tertiary/aromatic N) is 2. The Morgan fingerprint density at radius 1 is 1.43 bits per heavy atom. The molecule has 0 amide bonds. The molecule has 72 valence electrons. The Labute approximate surface area is 87.9 Å². The first-order valence-electron chi connectivity index (χ1n) is 4.61. The number of benzene rings is 1. The second-order valence-corrected chi connectivity index (χ2v) is 5.53. The van der Waals surface area contributed by atoms with E-state index in [4.69, 9.17) is 0 Å². The average molecular weight is 253 g/mol. The predicted octanol–water partition coefficient (Wildman–Crippen LogP) is 0.159. The van der Waals surface area contributed by atoms with Gasteiger partial charge in [-0.15, -0.1) is 0 Å². The van der Waals surface area contributed by atoms with Gasteiger partial charge in [-0.2, -0.15) is 0 Å². The summed E-state index contributed by atoms with van der Waals surface area (Å²) in [6, 6.07) is 8.12. The number of para-hydroxylation sites is 2. The first kappa shape index (κ1) is 8.48. The van der Waals surface area contributed by atoms with E-state index in [1.165, 1.54) is 4.72 Å². The van der Waals surface area contributed by atoms with Crippen LogP contribution >= 0.6 is 0 Å². The van der Waals surface area contributed by atoms with Gasteiger partial charge in [-0.05, 0) is 0 Å². The fourth-order valence-electron chi connectivity index (χ4n) is 1.77. The third kappa shape index (κ3) is 1.19. The zero-order chi connectivity index (χ0) is 9.54. The van der Waals surface area contributed by atoms with Gasteiger partial charge in [-0.1, -0.05) is 0 Å². The van der Waals surface area contributed by atoms with E-state index in [2.05, 4.69) is 15.6 Å². The van der Waals surface area contributed by atoms with Crippen molar-refractivity contribution in [3.05, 3.63) is 24.3 Å².